The maximum Gasteiger partial charge on any atom is 0.242 e. The van der Waals surface area contributed by atoms with Crippen LogP contribution in [0.3, 0.4) is 0 Å². The maximum atomic E-state index is 11.5. The molecule has 17 heavy (non-hydrogen) atoms. The van der Waals surface area contributed by atoms with Crippen LogP contribution in [0.4, 0.5) is 5.69 Å². The van der Waals surface area contributed by atoms with Gasteiger partial charge < -0.3 is 15.8 Å². The Morgan fingerprint density at radius 3 is 2.88 bits per heavy atom. The van der Waals surface area contributed by atoms with Crippen LogP contribution < -0.4 is 11.1 Å². The second kappa shape index (κ2) is 5.19. The molecule has 1 aromatic carbocycles. The summed E-state index contributed by atoms with van der Waals surface area (Å²) in [5.41, 5.74) is 7.46. The van der Waals surface area contributed by atoms with Gasteiger partial charge in [0, 0.05) is 12.3 Å². The predicted molar refractivity (Wildman–Crippen MR) is 66.8 cm³/mol. The van der Waals surface area contributed by atoms with Crippen molar-refractivity contribution in [1.82, 2.24) is 0 Å². The normalized spacial score (nSPS) is 21.1. The Morgan fingerprint density at radius 2 is 2.29 bits per heavy atom. The molecule has 1 saturated heterocycles. The first kappa shape index (κ1) is 11.9. The number of para-hydroxylation sites is 1. The number of aryl methyl sites for hydroxylation is 1. The summed E-state index contributed by atoms with van der Waals surface area (Å²) < 4.78 is 5.53. The summed E-state index contributed by atoms with van der Waals surface area (Å²) in [6.45, 7) is 2.71. The highest BCUT2D eigenvalue weighted by Crippen LogP contribution is 2.21. The van der Waals surface area contributed by atoms with Gasteiger partial charge in [0.25, 0.3) is 0 Å². The number of rotatable bonds is 4. The highest BCUT2D eigenvalue weighted by molar-refractivity contribution is 5.84. The zero-order valence-corrected chi connectivity index (χ0v) is 9.98. The maximum absolute atomic E-state index is 11.5. The fourth-order valence-corrected chi connectivity index (χ4v) is 2.12. The number of benzene rings is 1. The number of carbonyl (C=O) groups is 1. The fraction of sp³-hybridized carbons (Fsp3) is 0.462. The van der Waals surface area contributed by atoms with Crippen molar-refractivity contribution in [2.75, 3.05) is 11.9 Å². The Hall–Kier alpha value is -1.55. The van der Waals surface area contributed by atoms with E-state index in [1.165, 1.54) is 0 Å². The zero-order valence-electron chi connectivity index (χ0n) is 9.98. The second-order valence-corrected chi connectivity index (χ2v) is 4.39. The second-order valence-electron chi connectivity index (χ2n) is 4.39. The average Bonchev–Trinajstić information content (AvgIpc) is 2.81. The van der Waals surface area contributed by atoms with Crippen molar-refractivity contribution < 1.29 is 9.53 Å². The van der Waals surface area contributed by atoms with Crippen molar-refractivity contribution in [3.8, 4) is 0 Å². The third-order valence-electron chi connectivity index (χ3n) is 3.10. The van der Waals surface area contributed by atoms with Gasteiger partial charge >= 0.3 is 0 Å². The number of nitrogens with one attached hydrogen (secondary N) is 1. The largest absolute Gasteiger partial charge is 0.376 e. The number of nitrogens with two attached hydrogens (primary N) is 1. The van der Waals surface area contributed by atoms with Gasteiger partial charge in [0.15, 0.2) is 0 Å². The molecular weight excluding hydrogens is 216 g/mol. The monoisotopic (exact) mass is 234 g/mol. The topological polar surface area (TPSA) is 64.3 Å². The molecule has 2 rings (SSSR count). The molecule has 0 radical (unpaired) electrons. The predicted octanol–water partition coefficient (Wildman–Crippen LogP) is 1.44. The number of hydrogen-bond acceptors (Lipinski definition) is 3. The average molecular weight is 234 g/mol. The van der Waals surface area contributed by atoms with Crippen molar-refractivity contribution in [3.05, 3.63) is 29.8 Å². The smallest absolute Gasteiger partial charge is 0.242 e. The highest BCUT2D eigenvalue weighted by Gasteiger charge is 2.30. The molecule has 1 aromatic rings. The van der Waals surface area contributed by atoms with Gasteiger partial charge in [0.1, 0.15) is 6.04 Å². The fourth-order valence-electron chi connectivity index (χ4n) is 2.12. The first-order valence-corrected chi connectivity index (χ1v) is 5.91. The first-order valence-electron chi connectivity index (χ1n) is 5.91. The standard InChI is InChI=1S/C13H18N2O2/c1-9-5-2-3-6-10(9)15-12(13(14)16)11-7-4-8-17-11/h2-3,5-6,11-12,15H,4,7-8H2,1H3,(H2,14,16). The SMILES string of the molecule is Cc1ccccc1NC(C(N)=O)C1CCCO1. The minimum Gasteiger partial charge on any atom is -0.376 e. The number of amides is 1. The molecule has 0 saturated carbocycles. The van der Waals surface area contributed by atoms with Crippen molar-refractivity contribution in [3.63, 3.8) is 0 Å². The van der Waals surface area contributed by atoms with Crippen LogP contribution in [-0.4, -0.2) is 24.7 Å². The lowest BCUT2D eigenvalue weighted by molar-refractivity contribution is -0.121. The van der Waals surface area contributed by atoms with Gasteiger partial charge in [-0.05, 0) is 31.4 Å². The number of ether oxygens (including phenoxy) is 1. The van der Waals surface area contributed by atoms with E-state index in [9.17, 15) is 4.79 Å². The van der Waals surface area contributed by atoms with E-state index in [0.29, 0.717) is 6.61 Å². The van der Waals surface area contributed by atoms with Gasteiger partial charge in [-0.25, -0.2) is 0 Å². The molecule has 1 heterocycles. The van der Waals surface area contributed by atoms with Crippen LogP contribution in [0, 0.1) is 6.92 Å². The Balaban J connectivity index is 2.12. The quantitative estimate of drug-likeness (QED) is 0.828. The summed E-state index contributed by atoms with van der Waals surface area (Å²) in [5, 5.41) is 3.19. The van der Waals surface area contributed by atoms with Gasteiger partial charge in [-0.2, -0.15) is 0 Å². The van der Waals surface area contributed by atoms with Gasteiger partial charge in [0.2, 0.25) is 5.91 Å². The van der Waals surface area contributed by atoms with E-state index in [2.05, 4.69) is 5.32 Å². The van der Waals surface area contributed by atoms with Gasteiger partial charge in [0.05, 0.1) is 6.10 Å². The molecule has 0 spiro atoms. The minimum atomic E-state index is -0.446. The molecule has 3 N–H and O–H groups in total. The summed E-state index contributed by atoms with van der Waals surface area (Å²) in [6, 6.07) is 7.39. The van der Waals surface area contributed by atoms with Crippen LogP contribution in [0.15, 0.2) is 24.3 Å². The molecule has 2 atom stereocenters. The Labute approximate surface area is 101 Å². The van der Waals surface area contributed by atoms with Crippen molar-refractivity contribution in [1.29, 1.82) is 0 Å². The van der Waals surface area contributed by atoms with E-state index in [-0.39, 0.29) is 12.0 Å². The van der Waals surface area contributed by atoms with E-state index in [1.807, 2.05) is 31.2 Å². The summed E-state index contributed by atoms with van der Waals surface area (Å²) in [6.07, 6.45) is 1.77. The first-order chi connectivity index (χ1) is 8.18. The molecule has 0 aromatic heterocycles. The van der Waals surface area contributed by atoms with Gasteiger partial charge in [-0.3, -0.25) is 4.79 Å². The van der Waals surface area contributed by atoms with Crippen LogP contribution in [0.2, 0.25) is 0 Å². The Morgan fingerprint density at radius 1 is 1.53 bits per heavy atom. The van der Waals surface area contributed by atoms with Gasteiger partial charge in [-0.1, -0.05) is 18.2 Å². The lowest BCUT2D eigenvalue weighted by Gasteiger charge is -2.23. The molecule has 1 fully saturated rings. The van der Waals surface area contributed by atoms with Crippen LogP contribution in [0.1, 0.15) is 18.4 Å². The molecule has 2 unspecified atom stereocenters. The number of anilines is 1. The molecule has 1 aliphatic rings. The summed E-state index contributed by atoms with van der Waals surface area (Å²) in [5.74, 6) is -0.361. The van der Waals surface area contributed by atoms with E-state index in [4.69, 9.17) is 10.5 Å². The highest BCUT2D eigenvalue weighted by atomic mass is 16.5. The lowest BCUT2D eigenvalue weighted by Crippen LogP contribution is -2.44. The summed E-state index contributed by atoms with van der Waals surface area (Å²) in [4.78, 5) is 11.5. The Bertz CT molecular complexity index is 400. The van der Waals surface area contributed by atoms with Crippen LogP contribution in [-0.2, 0) is 9.53 Å². The van der Waals surface area contributed by atoms with Crippen LogP contribution in [0.5, 0.6) is 0 Å². The van der Waals surface area contributed by atoms with Crippen molar-refractivity contribution in [2.45, 2.75) is 31.9 Å². The summed E-state index contributed by atoms with van der Waals surface area (Å²) in [7, 11) is 0. The molecule has 0 aliphatic carbocycles. The molecular formula is C13H18N2O2. The van der Waals surface area contributed by atoms with E-state index in [0.717, 1.165) is 24.1 Å². The lowest BCUT2D eigenvalue weighted by atomic mass is 10.1. The van der Waals surface area contributed by atoms with Crippen LogP contribution in [0.25, 0.3) is 0 Å². The van der Waals surface area contributed by atoms with Crippen molar-refractivity contribution in [2.24, 2.45) is 5.73 Å². The molecule has 1 amide bonds. The van der Waals surface area contributed by atoms with Gasteiger partial charge in [-0.15, -0.1) is 0 Å². The third kappa shape index (κ3) is 2.77. The molecule has 1 aliphatic heterocycles. The Kier molecular flexibility index (Phi) is 3.64. The summed E-state index contributed by atoms with van der Waals surface area (Å²) >= 11 is 0. The minimum absolute atomic E-state index is 0.105. The molecule has 4 nitrogen and oxygen atoms in total. The number of carbonyl (C=O) groups excluding carboxylic acids is 1. The van der Waals surface area contributed by atoms with E-state index in [1.54, 1.807) is 0 Å². The third-order valence-corrected chi connectivity index (χ3v) is 3.10. The van der Waals surface area contributed by atoms with E-state index < -0.39 is 6.04 Å². The molecule has 92 valence electrons. The molecule has 4 heteroatoms. The number of hydrogen-bond donors (Lipinski definition) is 2. The van der Waals surface area contributed by atoms with Crippen molar-refractivity contribution >= 4 is 11.6 Å². The van der Waals surface area contributed by atoms with E-state index >= 15 is 0 Å². The van der Waals surface area contributed by atoms with Crippen LogP contribution >= 0.6 is 0 Å². The number of primary amides is 1. The zero-order chi connectivity index (χ0) is 12.3. The molecule has 0 bridgehead atoms.